The predicted molar refractivity (Wildman–Crippen MR) is 94.2 cm³/mol. The highest BCUT2D eigenvalue weighted by Crippen LogP contribution is 2.65. The zero-order valence-electron chi connectivity index (χ0n) is 13.8. The van der Waals surface area contributed by atoms with Crippen molar-refractivity contribution in [3.05, 3.63) is 60.2 Å². The summed E-state index contributed by atoms with van der Waals surface area (Å²) in [5.74, 6) is 1.85. The molecule has 3 nitrogen and oxygen atoms in total. The predicted octanol–water partition coefficient (Wildman–Crippen LogP) is 3.39. The summed E-state index contributed by atoms with van der Waals surface area (Å²) < 4.78 is 0. The zero-order chi connectivity index (χ0) is 16.7. The lowest BCUT2D eigenvalue weighted by Crippen LogP contribution is -2.40. The number of carbonyl (C=O) groups is 2. The van der Waals surface area contributed by atoms with Gasteiger partial charge >= 0.3 is 0 Å². The minimum Gasteiger partial charge on any atom is -0.278 e. The number of likely N-dealkylation sites (tertiary alicyclic amines) is 1. The van der Waals surface area contributed by atoms with E-state index in [1.54, 1.807) is 4.90 Å². The van der Waals surface area contributed by atoms with Crippen molar-refractivity contribution in [2.45, 2.75) is 13.0 Å². The quantitative estimate of drug-likeness (QED) is 0.625. The molecule has 7 rings (SSSR count). The lowest BCUT2D eigenvalue weighted by Gasteiger charge is -2.37. The molecule has 0 N–H and O–H groups in total. The number of imide groups is 1. The number of fused-ring (bicyclic) bond motifs is 1. The van der Waals surface area contributed by atoms with Gasteiger partial charge in [0, 0.05) is 0 Å². The fourth-order valence-corrected chi connectivity index (χ4v) is 5.78. The van der Waals surface area contributed by atoms with Gasteiger partial charge in [0.15, 0.2) is 0 Å². The van der Waals surface area contributed by atoms with Crippen LogP contribution in [0.2, 0.25) is 0 Å². The largest absolute Gasteiger partial charge is 0.278 e. The molecule has 124 valence electrons. The number of benzene rings is 2. The zero-order valence-corrected chi connectivity index (χ0v) is 13.8. The number of hydrogen-bond acceptors (Lipinski definition) is 2. The van der Waals surface area contributed by atoms with E-state index in [0.717, 1.165) is 16.3 Å². The molecular weight excluding hydrogens is 310 g/mol. The first-order valence-electron chi connectivity index (χ1n) is 9.24. The molecule has 1 heterocycles. The van der Waals surface area contributed by atoms with Crippen LogP contribution >= 0.6 is 0 Å². The van der Waals surface area contributed by atoms with Gasteiger partial charge in [-0.05, 0) is 46.4 Å². The molecule has 2 saturated carbocycles. The summed E-state index contributed by atoms with van der Waals surface area (Å²) in [6.07, 6.45) is 5.67. The fraction of sp³-hybridized carbons (Fsp3) is 0.364. The highest BCUT2D eigenvalue weighted by molar-refractivity contribution is 6.06. The summed E-state index contributed by atoms with van der Waals surface area (Å²) in [5, 5.41) is 2.28. The first-order chi connectivity index (χ1) is 12.2. The van der Waals surface area contributed by atoms with Crippen LogP contribution in [0.5, 0.6) is 0 Å². The lowest BCUT2D eigenvalue weighted by atomic mass is 9.63. The van der Waals surface area contributed by atoms with Crippen LogP contribution in [0.4, 0.5) is 0 Å². The summed E-state index contributed by atoms with van der Waals surface area (Å²) in [7, 11) is 0. The molecular formula is C22H19NO2. The van der Waals surface area contributed by atoms with Crippen molar-refractivity contribution >= 4 is 22.6 Å². The molecule has 1 saturated heterocycles. The Bertz CT molecular complexity index is 920. The van der Waals surface area contributed by atoms with E-state index in [-0.39, 0.29) is 23.7 Å². The molecule has 6 atom stereocenters. The molecule has 0 aromatic heterocycles. The van der Waals surface area contributed by atoms with Crippen LogP contribution < -0.4 is 0 Å². The van der Waals surface area contributed by atoms with Crippen molar-refractivity contribution < 1.29 is 9.59 Å². The van der Waals surface area contributed by atoms with E-state index in [0.29, 0.717) is 30.2 Å². The summed E-state index contributed by atoms with van der Waals surface area (Å²) in [6, 6.07) is 14.3. The highest BCUT2D eigenvalue weighted by Gasteiger charge is 2.66. The fourth-order valence-electron chi connectivity index (χ4n) is 5.78. The van der Waals surface area contributed by atoms with Crippen molar-refractivity contribution in [3.63, 3.8) is 0 Å². The second kappa shape index (κ2) is 4.60. The monoisotopic (exact) mass is 329 g/mol. The Kier molecular flexibility index (Phi) is 2.54. The summed E-state index contributed by atoms with van der Waals surface area (Å²) in [6.45, 7) is 0.404. The highest BCUT2D eigenvalue weighted by atomic mass is 16.2. The van der Waals surface area contributed by atoms with E-state index in [9.17, 15) is 9.59 Å². The van der Waals surface area contributed by atoms with Crippen LogP contribution in [-0.4, -0.2) is 16.7 Å². The van der Waals surface area contributed by atoms with Gasteiger partial charge in [0.2, 0.25) is 11.8 Å². The number of carbonyl (C=O) groups excluding carboxylic acids is 2. The second-order valence-corrected chi connectivity index (χ2v) is 8.06. The lowest BCUT2D eigenvalue weighted by molar-refractivity contribution is -0.140. The third-order valence-electron chi connectivity index (χ3n) is 6.96. The summed E-state index contributed by atoms with van der Waals surface area (Å²) in [4.78, 5) is 27.8. The van der Waals surface area contributed by atoms with Gasteiger partial charge in [-0.2, -0.15) is 0 Å². The number of rotatable bonds is 2. The van der Waals surface area contributed by atoms with Crippen molar-refractivity contribution in [1.29, 1.82) is 0 Å². The Morgan fingerprint density at radius 1 is 0.840 bits per heavy atom. The molecule has 2 aromatic carbocycles. The molecule has 4 aliphatic carbocycles. The van der Waals surface area contributed by atoms with Crippen LogP contribution in [0.25, 0.3) is 10.8 Å². The van der Waals surface area contributed by atoms with Crippen LogP contribution in [0.15, 0.2) is 54.6 Å². The molecule has 1 aliphatic heterocycles. The molecule has 0 spiro atoms. The van der Waals surface area contributed by atoms with E-state index < -0.39 is 0 Å². The second-order valence-electron chi connectivity index (χ2n) is 8.06. The first kappa shape index (κ1) is 13.8. The van der Waals surface area contributed by atoms with Crippen LogP contribution in [-0.2, 0) is 16.1 Å². The minimum atomic E-state index is -0.0961. The Morgan fingerprint density at radius 3 is 2.20 bits per heavy atom. The number of hydrogen-bond donors (Lipinski definition) is 0. The van der Waals surface area contributed by atoms with Gasteiger partial charge in [0.25, 0.3) is 0 Å². The minimum absolute atomic E-state index is 0.0626. The maximum absolute atomic E-state index is 13.1. The molecule has 3 fully saturated rings. The average molecular weight is 329 g/mol. The molecule has 2 aromatic rings. The molecule has 2 bridgehead atoms. The van der Waals surface area contributed by atoms with Crippen LogP contribution in [0.3, 0.4) is 0 Å². The van der Waals surface area contributed by atoms with Crippen LogP contribution in [0, 0.1) is 35.5 Å². The van der Waals surface area contributed by atoms with Gasteiger partial charge in [0.05, 0.1) is 18.4 Å². The summed E-state index contributed by atoms with van der Waals surface area (Å²) in [5.41, 5.74) is 1.06. The van der Waals surface area contributed by atoms with Gasteiger partial charge in [-0.15, -0.1) is 0 Å². The van der Waals surface area contributed by atoms with Crippen molar-refractivity contribution in [2.24, 2.45) is 35.5 Å². The maximum atomic E-state index is 13.1. The van der Waals surface area contributed by atoms with Gasteiger partial charge in [-0.25, -0.2) is 0 Å². The SMILES string of the molecule is O=C1[C@@H]2[C@H]3C=C[C@@H]([C@@H]4C[C@H]34)[C@H]2C(=O)N1Cc1cccc2ccccc12. The summed E-state index contributed by atoms with van der Waals surface area (Å²) >= 11 is 0. The van der Waals surface area contributed by atoms with E-state index >= 15 is 0 Å². The molecule has 0 unspecified atom stereocenters. The Morgan fingerprint density at radius 2 is 1.48 bits per heavy atom. The topological polar surface area (TPSA) is 37.4 Å². The van der Waals surface area contributed by atoms with Crippen molar-refractivity contribution in [2.75, 3.05) is 0 Å². The molecule has 25 heavy (non-hydrogen) atoms. The molecule has 2 amide bonds. The molecule has 3 heteroatoms. The maximum Gasteiger partial charge on any atom is 0.234 e. The molecule has 5 aliphatic rings. The number of amides is 2. The Hall–Kier alpha value is -2.42. The van der Waals surface area contributed by atoms with Crippen molar-refractivity contribution in [3.8, 4) is 0 Å². The number of nitrogens with zero attached hydrogens (tertiary/aromatic N) is 1. The van der Waals surface area contributed by atoms with Gasteiger partial charge < -0.3 is 0 Å². The van der Waals surface area contributed by atoms with Gasteiger partial charge in [-0.1, -0.05) is 54.6 Å². The van der Waals surface area contributed by atoms with E-state index in [4.69, 9.17) is 0 Å². The standard InChI is InChI=1S/C22H19NO2/c24-21-19-15-8-9-16(18-10-17(15)18)20(19)22(25)23(21)11-13-6-3-5-12-4-1-2-7-14(12)13/h1-9,15-20H,10-11H2/t15-,16-,17-,18+,19+,20+/m0/s1. The van der Waals surface area contributed by atoms with E-state index in [1.165, 1.54) is 6.42 Å². The number of allylic oxidation sites excluding steroid dienone is 2. The average Bonchev–Trinajstić information content (AvgIpc) is 3.43. The Labute approximate surface area is 146 Å². The third-order valence-corrected chi connectivity index (χ3v) is 6.96. The normalized spacial score (nSPS) is 37.5. The van der Waals surface area contributed by atoms with Gasteiger partial charge in [-0.3, -0.25) is 14.5 Å². The van der Waals surface area contributed by atoms with E-state index in [1.807, 2.05) is 24.3 Å². The van der Waals surface area contributed by atoms with Gasteiger partial charge in [0.1, 0.15) is 0 Å². The third kappa shape index (κ3) is 1.71. The van der Waals surface area contributed by atoms with Crippen molar-refractivity contribution in [1.82, 2.24) is 4.90 Å². The van der Waals surface area contributed by atoms with E-state index in [2.05, 4.69) is 30.4 Å². The smallest absolute Gasteiger partial charge is 0.234 e. The first-order valence-corrected chi connectivity index (χ1v) is 9.24. The van der Waals surface area contributed by atoms with Crippen LogP contribution in [0.1, 0.15) is 12.0 Å². The molecule has 0 radical (unpaired) electrons. The Balaban J connectivity index is 1.38.